The standard InChI is InChI=1S/C9H17N5/c1-14-9(6-12-13-14)11-5-8(10)7-3-2-4-7/h6-8,11H,2-5,10H2,1H3. The second-order valence-electron chi connectivity index (χ2n) is 3.98. The molecule has 2 rings (SSSR count). The van der Waals surface area contributed by atoms with Crippen molar-refractivity contribution in [2.75, 3.05) is 11.9 Å². The zero-order chi connectivity index (χ0) is 9.97. The molecule has 0 aromatic carbocycles. The average molecular weight is 195 g/mol. The molecule has 0 saturated heterocycles. The summed E-state index contributed by atoms with van der Waals surface area (Å²) in [6.45, 7) is 0.811. The maximum Gasteiger partial charge on any atom is 0.144 e. The van der Waals surface area contributed by atoms with Gasteiger partial charge >= 0.3 is 0 Å². The van der Waals surface area contributed by atoms with E-state index in [2.05, 4.69) is 15.6 Å². The fraction of sp³-hybridized carbons (Fsp3) is 0.778. The molecule has 5 heteroatoms. The molecule has 1 heterocycles. The van der Waals surface area contributed by atoms with Gasteiger partial charge in [-0.1, -0.05) is 11.6 Å². The van der Waals surface area contributed by atoms with Crippen LogP contribution in [0.4, 0.5) is 5.82 Å². The van der Waals surface area contributed by atoms with Crippen molar-refractivity contribution in [3.05, 3.63) is 6.20 Å². The van der Waals surface area contributed by atoms with Gasteiger partial charge in [-0.2, -0.15) is 0 Å². The summed E-state index contributed by atoms with van der Waals surface area (Å²) >= 11 is 0. The Kier molecular flexibility index (Phi) is 2.67. The number of nitrogens with zero attached hydrogens (tertiary/aromatic N) is 3. The second-order valence-corrected chi connectivity index (χ2v) is 3.98. The van der Waals surface area contributed by atoms with Crippen LogP contribution in [0.15, 0.2) is 6.20 Å². The normalized spacial score (nSPS) is 19.0. The quantitative estimate of drug-likeness (QED) is 0.727. The van der Waals surface area contributed by atoms with Crippen molar-refractivity contribution in [1.29, 1.82) is 0 Å². The summed E-state index contributed by atoms with van der Waals surface area (Å²) in [6, 6.07) is 0.263. The van der Waals surface area contributed by atoms with Crippen LogP contribution in [0, 0.1) is 5.92 Å². The van der Waals surface area contributed by atoms with Crippen LogP contribution in [-0.2, 0) is 7.05 Å². The van der Waals surface area contributed by atoms with Crippen molar-refractivity contribution in [2.24, 2.45) is 18.7 Å². The van der Waals surface area contributed by atoms with Gasteiger partial charge in [0.2, 0.25) is 0 Å². The summed E-state index contributed by atoms with van der Waals surface area (Å²) in [7, 11) is 1.87. The van der Waals surface area contributed by atoms with E-state index in [4.69, 9.17) is 5.73 Å². The zero-order valence-corrected chi connectivity index (χ0v) is 8.48. The number of aromatic nitrogens is 3. The lowest BCUT2D eigenvalue weighted by atomic mass is 9.80. The molecule has 0 amide bonds. The van der Waals surface area contributed by atoms with Gasteiger partial charge in [0.15, 0.2) is 0 Å². The Morgan fingerprint density at radius 3 is 3.00 bits per heavy atom. The van der Waals surface area contributed by atoms with Crippen LogP contribution in [-0.4, -0.2) is 27.6 Å². The summed E-state index contributed by atoms with van der Waals surface area (Å²) in [5.41, 5.74) is 6.03. The lowest BCUT2D eigenvalue weighted by Crippen LogP contribution is -2.40. The average Bonchev–Trinajstić information content (AvgIpc) is 2.44. The Morgan fingerprint density at radius 2 is 2.50 bits per heavy atom. The van der Waals surface area contributed by atoms with E-state index in [-0.39, 0.29) is 6.04 Å². The molecule has 1 aliphatic rings. The Balaban J connectivity index is 1.79. The highest BCUT2D eigenvalue weighted by Crippen LogP contribution is 2.28. The highest BCUT2D eigenvalue weighted by atomic mass is 15.4. The summed E-state index contributed by atoms with van der Waals surface area (Å²) in [5, 5.41) is 10.9. The third-order valence-corrected chi connectivity index (χ3v) is 2.99. The minimum atomic E-state index is 0.263. The maximum atomic E-state index is 6.03. The molecule has 3 N–H and O–H groups in total. The molecule has 1 aromatic heterocycles. The zero-order valence-electron chi connectivity index (χ0n) is 8.48. The smallest absolute Gasteiger partial charge is 0.144 e. The molecule has 14 heavy (non-hydrogen) atoms. The Hall–Kier alpha value is -1.10. The number of anilines is 1. The van der Waals surface area contributed by atoms with Gasteiger partial charge in [0.1, 0.15) is 5.82 Å². The van der Waals surface area contributed by atoms with Gasteiger partial charge in [-0.15, -0.1) is 5.10 Å². The third-order valence-electron chi connectivity index (χ3n) is 2.99. The largest absolute Gasteiger partial charge is 0.367 e. The monoisotopic (exact) mass is 195 g/mol. The molecule has 5 nitrogen and oxygen atoms in total. The van der Waals surface area contributed by atoms with Gasteiger partial charge in [-0.3, -0.25) is 0 Å². The fourth-order valence-corrected chi connectivity index (χ4v) is 1.71. The molecule has 1 unspecified atom stereocenters. The number of hydrogen-bond acceptors (Lipinski definition) is 4. The SMILES string of the molecule is Cn1nncc1NCC(N)C1CCC1. The molecule has 0 bridgehead atoms. The lowest BCUT2D eigenvalue weighted by molar-refractivity contribution is 0.268. The third kappa shape index (κ3) is 1.87. The number of rotatable bonds is 4. The van der Waals surface area contributed by atoms with E-state index in [1.807, 2.05) is 7.05 Å². The van der Waals surface area contributed by atoms with E-state index in [1.165, 1.54) is 19.3 Å². The summed E-state index contributed by atoms with van der Waals surface area (Å²) in [6.07, 6.45) is 5.62. The molecular formula is C9H17N5. The lowest BCUT2D eigenvalue weighted by Gasteiger charge is -2.31. The van der Waals surface area contributed by atoms with Crippen molar-refractivity contribution in [3.63, 3.8) is 0 Å². The molecule has 0 spiro atoms. The van der Waals surface area contributed by atoms with E-state index >= 15 is 0 Å². The van der Waals surface area contributed by atoms with Crippen molar-refractivity contribution in [2.45, 2.75) is 25.3 Å². The number of hydrogen-bond donors (Lipinski definition) is 2. The van der Waals surface area contributed by atoms with Crippen molar-refractivity contribution in [1.82, 2.24) is 15.0 Å². The highest BCUT2D eigenvalue weighted by molar-refractivity contribution is 5.30. The van der Waals surface area contributed by atoms with Crippen LogP contribution in [0.5, 0.6) is 0 Å². The summed E-state index contributed by atoms with van der Waals surface area (Å²) < 4.78 is 1.72. The van der Waals surface area contributed by atoms with E-state index in [9.17, 15) is 0 Å². The van der Waals surface area contributed by atoms with Gasteiger partial charge in [0.25, 0.3) is 0 Å². The topological polar surface area (TPSA) is 68.8 Å². The van der Waals surface area contributed by atoms with E-state index < -0.39 is 0 Å². The first kappa shape index (κ1) is 9.45. The summed E-state index contributed by atoms with van der Waals surface area (Å²) in [5.74, 6) is 1.64. The van der Waals surface area contributed by atoms with Gasteiger partial charge in [-0.05, 0) is 18.8 Å². The maximum absolute atomic E-state index is 6.03. The van der Waals surface area contributed by atoms with Crippen LogP contribution in [0.3, 0.4) is 0 Å². The van der Waals surface area contributed by atoms with E-state index in [0.717, 1.165) is 12.4 Å². The predicted octanol–water partition coefficient (Wildman–Crippen LogP) is 0.354. The molecule has 1 aliphatic carbocycles. The fourth-order valence-electron chi connectivity index (χ4n) is 1.71. The van der Waals surface area contributed by atoms with Crippen LogP contribution in [0.2, 0.25) is 0 Å². The van der Waals surface area contributed by atoms with Crippen LogP contribution < -0.4 is 11.1 Å². The van der Waals surface area contributed by atoms with Crippen molar-refractivity contribution in [3.8, 4) is 0 Å². The second kappa shape index (κ2) is 3.96. The van der Waals surface area contributed by atoms with Gasteiger partial charge < -0.3 is 11.1 Å². The number of nitrogens with one attached hydrogen (secondary N) is 1. The minimum Gasteiger partial charge on any atom is -0.367 e. The highest BCUT2D eigenvalue weighted by Gasteiger charge is 2.24. The van der Waals surface area contributed by atoms with E-state index in [0.29, 0.717) is 5.92 Å². The number of nitrogens with two attached hydrogens (primary N) is 1. The first-order valence-electron chi connectivity index (χ1n) is 5.11. The molecule has 1 aromatic rings. The van der Waals surface area contributed by atoms with Crippen LogP contribution >= 0.6 is 0 Å². The Morgan fingerprint density at radius 1 is 1.71 bits per heavy atom. The van der Waals surface area contributed by atoms with Gasteiger partial charge in [0.05, 0.1) is 6.20 Å². The van der Waals surface area contributed by atoms with E-state index in [1.54, 1.807) is 10.9 Å². The Labute approximate surface area is 83.7 Å². The first-order chi connectivity index (χ1) is 6.77. The number of aryl methyl sites for hydroxylation is 1. The molecule has 1 saturated carbocycles. The predicted molar refractivity (Wildman–Crippen MR) is 54.8 cm³/mol. The van der Waals surface area contributed by atoms with Crippen LogP contribution in [0.1, 0.15) is 19.3 Å². The van der Waals surface area contributed by atoms with Crippen molar-refractivity contribution < 1.29 is 0 Å². The van der Waals surface area contributed by atoms with Gasteiger partial charge in [0, 0.05) is 19.6 Å². The molecule has 0 radical (unpaired) electrons. The minimum absolute atomic E-state index is 0.263. The molecule has 0 aliphatic heterocycles. The van der Waals surface area contributed by atoms with Gasteiger partial charge in [-0.25, -0.2) is 4.68 Å². The summed E-state index contributed by atoms with van der Waals surface area (Å²) in [4.78, 5) is 0. The molecular weight excluding hydrogens is 178 g/mol. The Bertz CT molecular complexity index is 291. The van der Waals surface area contributed by atoms with Crippen molar-refractivity contribution >= 4 is 5.82 Å². The van der Waals surface area contributed by atoms with Crippen LogP contribution in [0.25, 0.3) is 0 Å². The molecule has 78 valence electrons. The molecule has 1 atom stereocenters. The molecule has 1 fully saturated rings. The first-order valence-corrected chi connectivity index (χ1v) is 5.11.